The number of sulfone groups is 1. The van der Waals surface area contributed by atoms with Crippen LogP contribution in [0.4, 0.5) is 36.4 Å². The second-order valence-electron chi connectivity index (χ2n) is 8.30. The van der Waals surface area contributed by atoms with Crippen LogP contribution >= 0.6 is 11.6 Å². The molecule has 0 aliphatic heterocycles. The minimum absolute atomic E-state index is 0.198. The maximum absolute atomic E-state index is 14.6. The molecule has 2 N–H and O–H groups in total. The Labute approximate surface area is 212 Å². The number of carbonyl (C=O) groups excluding carboxylic acids is 2. The first-order chi connectivity index (χ1) is 16.6. The molecule has 0 saturated carbocycles. The highest BCUT2D eigenvalue weighted by Crippen LogP contribution is 2.53. The van der Waals surface area contributed by atoms with Crippen molar-refractivity contribution >= 4 is 38.9 Å². The van der Waals surface area contributed by atoms with E-state index in [1.165, 1.54) is 19.1 Å². The van der Waals surface area contributed by atoms with Gasteiger partial charge in [-0.05, 0) is 37.6 Å². The standard InChI is InChI=1S/C22H20ClF7N2O4S/c1-11-9-13(20(24,21(25,26)27)22(28,29)30)7-8-16(11)32(12(2)10-37(3,35)36)19(34)14-5-4-6-15(23)17(14)18(31)33/h4-9,12H,10H2,1-3H3,(H2,31,33). The van der Waals surface area contributed by atoms with Crippen LogP contribution in [0.25, 0.3) is 0 Å². The predicted molar refractivity (Wildman–Crippen MR) is 122 cm³/mol. The molecule has 0 aliphatic rings. The zero-order chi connectivity index (χ0) is 28.7. The molecular formula is C22H20ClF7N2O4S. The fourth-order valence-corrected chi connectivity index (χ4v) is 5.06. The van der Waals surface area contributed by atoms with E-state index in [-0.39, 0.29) is 22.8 Å². The summed E-state index contributed by atoms with van der Waals surface area (Å²) < 4.78 is 118. The lowest BCUT2D eigenvalue weighted by Gasteiger charge is -2.33. The number of nitrogens with two attached hydrogens (primary N) is 1. The van der Waals surface area contributed by atoms with E-state index in [4.69, 9.17) is 17.3 Å². The predicted octanol–water partition coefficient (Wildman–Crippen LogP) is 5.12. The third-order valence-corrected chi connectivity index (χ3v) is 6.73. The van der Waals surface area contributed by atoms with Crippen molar-refractivity contribution < 1.29 is 48.7 Å². The van der Waals surface area contributed by atoms with Crippen LogP contribution in [-0.4, -0.2) is 50.6 Å². The van der Waals surface area contributed by atoms with Crippen molar-refractivity contribution in [3.05, 3.63) is 63.7 Å². The summed E-state index contributed by atoms with van der Waals surface area (Å²) in [4.78, 5) is 26.2. The number of nitrogens with zero attached hydrogens (tertiary/aromatic N) is 1. The van der Waals surface area contributed by atoms with Gasteiger partial charge in [-0.25, -0.2) is 12.8 Å². The van der Waals surface area contributed by atoms with E-state index in [2.05, 4.69) is 0 Å². The van der Waals surface area contributed by atoms with Gasteiger partial charge in [-0.1, -0.05) is 29.8 Å². The van der Waals surface area contributed by atoms with E-state index < -0.39 is 73.7 Å². The molecule has 0 radical (unpaired) electrons. The van der Waals surface area contributed by atoms with E-state index in [1.807, 2.05) is 0 Å². The van der Waals surface area contributed by atoms with Gasteiger partial charge in [0.15, 0.2) is 0 Å². The number of rotatable bonds is 7. The average Bonchev–Trinajstić information content (AvgIpc) is 2.70. The van der Waals surface area contributed by atoms with Gasteiger partial charge in [0.1, 0.15) is 9.84 Å². The number of amides is 2. The van der Waals surface area contributed by atoms with Crippen molar-refractivity contribution in [2.24, 2.45) is 5.73 Å². The lowest BCUT2D eigenvalue weighted by atomic mass is 9.92. The van der Waals surface area contributed by atoms with Crippen molar-refractivity contribution in [3.63, 3.8) is 0 Å². The minimum atomic E-state index is -6.37. The smallest absolute Gasteiger partial charge is 0.366 e. The second-order valence-corrected chi connectivity index (χ2v) is 10.9. The van der Waals surface area contributed by atoms with Crippen molar-refractivity contribution in [1.29, 1.82) is 0 Å². The quantitative estimate of drug-likeness (QED) is 0.463. The summed E-state index contributed by atoms with van der Waals surface area (Å²) in [5, 5.41) is -0.237. The van der Waals surface area contributed by atoms with Gasteiger partial charge in [-0.2, -0.15) is 26.3 Å². The van der Waals surface area contributed by atoms with Crippen LogP contribution < -0.4 is 10.6 Å². The van der Waals surface area contributed by atoms with Crippen LogP contribution in [0.1, 0.15) is 38.8 Å². The molecule has 0 saturated heterocycles. The van der Waals surface area contributed by atoms with Crippen molar-refractivity contribution in [2.45, 2.75) is 37.9 Å². The SMILES string of the molecule is Cc1cc(C(F)(C(F)(F)F)C(F)(F)F)ccc1N(C(=O)c1cccc(Cl)c1C(N)=O)C(C)CS(C)(=O)=O. The molecule has 2 aromatic carbocycles. The van der Waals surface area contributed by atoms with Gasteiger partial charge < -0.3 is 10.6 Å². The van der Waals surface area contributed by atoms with Crippen molar-refractivity contribution in [3.8, 4) is 0 Å². The number of primary amides is 1. The van der Waals surface area contributed by atoms with E-state index in [0.29, 0.717) is 6.07 Å². The molecule has 37 heavy (non-hydrogen) atoms. The summed E-state index contributed by atoms with van der Waals surface area (Å²) in [7, 11) is -3.78. The summed E-state index contributed by atoms with van der Waals surface area (Å²) >= 11 is 5.97. The second kappa shape index (κ2) is 10.1. The lowest BCUT2D eigenvalue weighted by molar-refractivity contribution is -0.348. The Hall–Kier alpha value is -2.87. The largest absolute Gasteiger partial charge is 0.435 e. The summed E-state index contributed by atoms with van der Waals surface area (Å²) in [5.74, 6) is -2.90. The number of anilines is 1. The molecule has 2 rings (SSSR count). The molecule has 1 unspecified atom stereocenters. The minimum Gasteiger partial charge on any atom is -0.366 e. The van der Waals surface area contributed by atoms with Gasteiger partial charge in [-0.3, -0.25) is 9.59 Å². The van der Waals surface area contributed by atoms with Crippen LogP contribution in [0, 0.1) is 6.92 Å². The Bertz CT molecular complexity index is 1310. The molecule has 0 bridgehead atoms. The van der Waals surface area contributed by atoms with Gasteiger partial charge in [0.05, 0.1) is 21.9 Å². The Balaban J connectivity index is 2.80. The number of hydrogen-bond acceptors (Lipinski definition) is 4. The van der Waals surface area contributed by atoms with Gasteiger partial charge in [-0.15, -0.1) is 0 Å². The summed E-state index contributed by atoms with van der Waals surface area (Å²) in [6, 6.07) is 3.45. The topological polar surface area (TPSA) is 97.5 Å². The molecule has 204 valence electrons. The maximum Gasteiger partial charge on any atom is 0.435 e. The van der Waals surface area contributed by atoms with Gasteiger partial charge in [0, 0.05) is 23.5 Å². The van der Waals surface area contributed by atoms with E-state index >= 15 is 0 Å². The molecule has 0 heterocycles. The van der Waals surface area contributed by atoms with Crippen LogP contribution in [0.5, 0.6) is 0 Å². The number of alkyl halides is 7. The third-order valence-electron chi connectivity index (χ3n) is 5.33. The number of halogens is 8. The summed E-state index contributed by atoms with van der Waals surface area (Å²) in [6.07, 6.45) is -11.9. The molecule has 0 spiro atoms. The fraction of sp³-hybridized carbons (Fsp3) is 0.364. The molecule has 0 fully saturated rings. The summed E-state index contributed by atoms with van der Waals surface area (Å²) in [6.45, 7) is 2.25. The molecule has 1 atom stereocenters. The summed E-state index contributed by atoms with van der Waals surface area (Å²) in [5.41, 5.74) is -3.83. The number of benzene rings is 2. The Kier molecular flexibility index (Phi) is 8.30. The highest BCUT2D eigenvalue weighted by atomic mass is 35.5. The van der Waals surface area contributed by atoms with Crippen LogP contribution in [-0.2, 0) is 15.5 Å². The van der Waals surface area contributed by atoms with Crippen LogP contribution in [0.2, 0.25) is 5.02 Å². The molecule has 2 amide bonds. The Morgan fingerprint density at radius 3 is 2.00 bits per heavy atom. The molecule has 0 aromatic heterocycles. The average molecular weight is 577 g/mol. The van der Waals surface area contributed by atoms with E-state index in [0.717, 1.165) is 24.1 Å². The fourth-order valence-electron chi connectivity index (χ4n) is 3.77. The highest BCUT2D eigenvalue weighted by molar-refractivity contribution is 7.90. The van der Waals surface area contributed by atoms with Gasteiger partial charge in [0.25, 0.3) is 11.8 Å². The molecular weight excluding hydrogens is 557 g/mol. The van der Waals surface area contributed by atoms with Gasteiger partial charge >= 0.3 is 18.0 Å². The van der Waals surface area contributed by atoms with Gasteiger partial charge in [0.2, 0.25) is 0 Å². The van der Waals surface area contributed by atoms with Crippen molar-refractivity contribution in [1.82, 2.24) is 0 Å². The molecule has 0 aliphatic carbocycles. The zero-order valence-corrected chi connectivity index (χ0v) is 20.9. The Morgan fingerprint density at radius 1 is 1.03 bits per heavy atom. The van der Waals surface area contributed by atoms with Crippen molar-refractivity contribution in [2.75, 3.05) is 16.9 Å². The molecule has 15 heteroatoms. The van der Waals surface area contributed by atoms with Crippen LogP contribution in [0.3, 0.4) is 0 Å². The van der Waals surface area contributed by atoms with E-state index in [9.17, 15) is 48.7 Å². The first-order valence-corrected chi connectivity index (χ1v) is 12.6. The molecule has 2 aromatic rings. The number of carbonyl (C=O) groups is 2. The Morgan fingerprint density at radius 2 is 1.57 bits per heavy atom. The molecule has 6 nitrogen and oxygen atoms in total. The highest BCUT2D eigenvalue weighted by Gasteiger charge is 2.73. The van der Waals surface area contributed by atoms with Crippen LogP contribution in [0.15, 0.2) is 36.4 Å². The lowest BCUT2D eigenvalue weighted by Crippen LogP contribution is -2.50. The first kappa shape index (κ1) is 30.4. The number of aryl methyl sites for hydroxylation is 1. The first-order valence-electron chi connectivity index (χ1n) is 10.2. The normalized spacial score (nSPS) is 13.8. The maximum atomic E-state index is 14.6. The third kappa shape index (κ3) is 6.00. The number of hydrogen-bond donors (Lipinski definition) is 1. The monoisotopic (exact) mass is 576 g/mol. The van der Waals surface area contributed by atoms with E-state index in [1.54, 1.807) is 0 Å². The zero-order valence-electron chi connectivity index (χ0n) is 19.3.